The average Bonchev–Trinajstić information content (AvgIpc) is 3.69. The summed E-state index contributed by atoms with van der Waals surface area (Å²) in [6.45, 7) is 6.26. The Balaban J connectivity index is 1.41. The van der Waals surface area contributed by atoms with Crippen LogP contribution < -0.4 is 9.62 Å². The molecule has 0 unspecified atom stereocenters. The van der Waals surface area contributed by atoms with Crippen LogP contribution in [0.1, 0.15) is 26.2 Å². The highest BCUT2D eigenvalue weighted by Crippen LogP contribution is 2.35. The summed E-state index contributed by atoms with van der Waals surface area (Å²) in [6, 6.07) is 2.12. The molecule has 1 aliphatic heterocycles. The number of benzene rings is 1. The smallest absolute Gasteiger partial charge is 0.232 e. The first-order valence-corrected chi connectivity index (χ1v) is 15.1. The van der Waals surface area contributed by atoms with Crippen LogP contribution in [0.5, 0.6) is 0 Å². The van der Waals surface area contributed by atoms with E-state index >= 15 is 8.78 Å². The number of nitrogens with zero attached hydrogens (tertiary/aromatic N) is 7. The van der Waals surface area contributed by atoms with Gasteiger partial charge in [-0.15, -0.1) is 0 Å². The minimum Gasteiger partial charge on any atom is -0.338 e. The molecule has 210 valence electrons. The van der Waals surface area contributed by atoms with Gasteiger partial charge in [-0.3, -0.25) is 9.62 Å². The number of halogens is 2. The highest BCUT2D eigenvalue weighted by atomic mass is 32.2. The van der Waals surface area contributed by atoms with Crippen molar-refractivity contribution in [1.29, 1.82) is 0 Å². The van der Waals surface area contributed by atoms with Gasteiger partial charge in [0.15, 0.2) is 5.82 Å². The monoisotopic (exact) mass is 568 g/mol. The van der Waals surface area contributed by atoms with Gasteiger partial charge in [0, 0.05) is 62.4 Å². The molecule has 1 N–H and O–H groups in total. The molecule has 1 aromatic carbocycles. The largest absolute Gasteiger partial charge is 0.338 e. The van der Waals surface area contributed by atoms with Gasteiger partial charge in [-0.2, -0.15) is 0 Å². The Morgan fingerprint density at radius 2 is 1.80 bits per heavy atom. The van der Waals surface area contributed by atoms with Crippen molar-refractivity contribution >= 4 is 32.7 Å². The summed E-state index contributed by atoms with van der Waals surface area (Å²) < 4.78 is 59.2. The van der Waals surface area contributed by atoms with E-state index in [-0.39, 0.29) is 11.4 Å². The highest BCUT2D eigenvalue weighted by Gasteiger charge is 2.28. The van der Waals surface area contributed by atoms with Gasteiger partial charge in [0.1, 0.15) is 23.3 Å². The van der Waals surface area contributed by atoms with E-state index in [1.165, 1.54) is 23.7 Å². The van der Waals surface area contributed by atoms with Gasteiger partial charge in [0.05, 0.1) is 23.2 Å². The summed E-state index contributed by atoms with van der Waals surface area (Å²) in [4.78, 5) is 22.2. The first kappa shape index (κ1) is 26.5. The molecular weight excluding hydrogens is 538 g/mol. The normalized spacial score (nSPS) is 16.5. The zero-order valence-electron chi connectivity index (χ0n) is 22.1. The minimum atomic E-state index is -3.80. The van der Waals surface area contributed by atoms with E-state index in [9.17, 15) is 8.42 Å². The molecule has 0 spiro atoms. The van der Waals surface area contributed by atoms with Gasteiger partial charge < -0.3 is 9.47 Å². The molecule has 40 heavy (non-hydrogen) atoms. The number of sulfonamides is 1. The lowest BCUT2D eigenvalue weighted by atomic mass is 10.1. The molecule has 6 rings (SSSR count). The van der Waals surface area contributed by atoms with Gasteiger partial charge in [0.2, 0.25) is 16.0 Å². The van der Waals surface area contributed by atoms with Gasteiger partial charge >= 0.3 is 0 Å². The van der Waals surface area contributed by atoms with Crippen molar-refractivity contribution in [2.24, 2.45) is 5.92 Å². The number of anilines is 2. The first-order chi connectivity index (χ1) is 19.3. The number of fused-ring (bicyclic) bond motifs is 1. The van der Waals surface area contributed by atoms with Crippen molar-refractivity contribution in [1.82, 2.24) is 29.4 Å². The predicted octanol–water partition coefficient (Wildman–Crippen LogP) is 3.84. The van der Waals surface area contributed by atoms with Gasteiger partial charge in [-0.25, -0.2) is 37.1 Å². The van der Waals surface area contributed by atoms with Crippen LogP contribution in [0.3, 0.4) is 0 Å². The lowest BCUT2D eigenvalue weighted by Crippen LogP contribution is -2.47. The summed E-state index contributed by atoms with van der Waals surface area (Å²) >= 11 is 0. The molecule has 3 aromatic heterocycles. The van der Waals surface area contributed by atoms with Crippen LogP contribution >= 0.6 is 0 Å². The fourth-order valence-corrected chi connectivity index (χ4v) is 6.24. The van der Waals surface area contributed by atoms with E-state index in [1.807, 2.05) is 0 Å². The van der Waals surface area contributed by atoms with Crippen LogP contribution in [-0.4, -0.2) is 76.3 Å². The van der Waals surface area contributed by atoms with Crippen LogP contribution in [0.2, 0.25) is 0 Å². The summed E-state index contributed by atoms with van der Waals surface area (Å²) in [5.74, 6) is -0.718. The molecule has 10 nitrogen and oxygen atoms in total. The van der Waals surface area contributed by atoms with E-state index < -0.39 is 27.3 Å². The molecule has 0 bridgehead atoms. The Kier molecular flexibility index (Phi) is 7.09. The molecule has 4 aromatic rings. The average molecular weight is 569 g/mol. The van der Waals surface area contributed by atoms with Crippen molar-refractivity contribution in [2.45, 2.75) is 26.2 Å². The molecule has 2 fully saturated rings. The standard InChI is InChI=1S/C27H30F2N8O2S/c1-2-11-40(38,39)34-22-6-5-21(28)26(24(22)29)37-16-20(19-12-30-17-31-13-19)25-23(37)14-32-27(33-25)36-9-7-35(8-10-36)15-18-3-4-18/h5-6,12-14,16-18,34H,2-4,7-11,15H2,1H3. The molecule has 4 heterocycles. The molecule has 2 aliphatic rings. The van der Waals surface area contributed by atoms with Crippen molar-refractivity contribution in [3.8, 4) is 16.8 Å². The Bertz CT molecular complexity index is 1640. The highest BCUT2D eigenvalue weighted by molar-refractivity contribution is 7.92. The number of rotatable bonds is 9. The summed E-state index contributed by atoms with van der Waals surface area (Å²) in [5, 5.41) is 0. The molecule has 0 atom stereocenters. The second-order valence-corrected chi connectivity index (χ2v) is 12.2. The van der Waals surface area contributed by atoms with Crippen molar-refractivity contribution in [3.05, 3.63) is 54.9 Å². The molecule has 1 saturated heterocycles. The third-order valence-corrected chi connectivity index (χ3v) is 8.79. The van der Waals surface area contributed by atoms with E-state index in [1.54, 1.807) is 31.7 Å². The number of hydrogen-bond acceptors (Lipinski definition) is 8. The van der Waals surface area contributed by atoms with Gasteiger partial charge in [-0.05, 0) is 37.3 Å². The van der Waals surface area contributed by atoms with Crippen LogP contribution in [0.15, 0.2) is 43.2 Å². The second-order valence-electron chi connectivity index (χ2n) is 10.4. The Morgan fingerprint density at radius 3 is 2.50 bits per heavy atom. The van der Waals surface area contributed by atoms with Crippen molar-refractivity contribution < 1.29 is 17.2 Å². The van der Waals surface area contributed by atoms with Crippen LogP contribution in [0, 0.1) is 17.6 Å². The quantitative estimate of drug-likeness (QED) is 0.325. The Morgan fingerprint density at radius 1 is 1.05 bits per heavy atom. The number of aromatic nitrogens is 5. The molecule has 1 saturated carbocycles. The second kappa shape index (κ2) is 10.7. The van der Waals surface area contributed by atoms with E-state index in [2.05, 4.69) is 29.5 Å². The van der Waals surface area contributed by atoms with Crippen LogP contribution in [-0.2, 0) is 10.0 Å². The maximum atomic E-state index is 15.8. The zero-order valence-corrected chi connectivity index (χ0v) is 22.9. The van der Waals surface area contributed by atoms with Crippen LogP contribution in [0.4, 0.5) is 20.4 Å². The maximum absolute atomic E-state index is 15.8. The third kappa shape index (κ3) is 5.35. The van der Waals surface area contributed by atoms with Gasteiger partial charge in [-0.1, -0.05) is 6.92 Å². The Hall–Kier alpha value is -3.71. The fraction of sp³-hybridized carbons (Fsp3) is 0.407. The maximum Gasteiger partial charge on any atom is 0.232 e. The molecular formula is C27H30F2N8O2S. The SMILES string of the molecule is CCCS(=O)(=O)Nc1ccc(F)c(-n2cc(-c3cncnc3)c3nc(N4CCN(CC5CC5)CC4)ncc32)c1F. The topological polar surface area (TPSA) is 109 Å². The Labute approximate surface area is 231 Å². The molecule has 0 amide bonds. The number of hydrogen-bond donors (Lipinski definition) is 1. The number of piperazine rings is 1. The predicted molar refractivity (Wildman–Crippen MR) is 149 cm³/mol. The van der Waals surface area contributed by atoms with E-state index in [0.29, 0.717) is 34.5 Å². The summed E-state index contributed by atoms with van der Waals surface area (Å²) in [5.41, 5.74) is 1.26. The third-order valence-electron chi connectivity index (χ3n) is 7.32. The lowest BCUT2D eigenvalue weighted by Gasteiger charge is -2.34. The van der Waals surface area contributed by atoms with Crippen LogP contribution in [0.25, 0.3) is 27.8 Å². The lowest BCUT2D eigenvalue weighted by molar-refractivity contribution is 0.247. The summed E-state index contributed by atoms with van der Waals surface area (Å²) in [7, 11) is -3.80. The van der Waals surface area contributed by atoms with E-state index in [4.69, 9.17) is 4.98 Å². The fourth-order valence-electron chi connectivity index (χ4n) is 5.11. The summed E-state index contributed by atoms with van der Waals surface area (Å²) in [6.07, 6.45) is 10.7. The van der Waals surface area contributed by atoms with Gasteiger partial charge in [0.25, 0.3) is 0 Å². The molecule has 0 radical (unpaired) electrons. The van der Waals surface area contributed by atoms with Crippen molar-refractivity contribution in [3.63, 3.8) is 0 Å². The molecule has 1 aliphatic carbocycles. The minimum absolute atomic E-state index is 0.185. The first-order valence-electron chi connectivity index (χ1n) is 13.4. The molecule has 13 heteroatoms. The zero-order chi connectivity index (χ0) is 27.9. The van der Waals surface area contributed by atoms with E-state index in [0.717, 1.165) is 50.8 Å². The number of nitrogens with one attached hydrogen (secondary N) is 1. The van der Waals surface area contributed by atoms with Crippen molar-refractivity contribution in [2.75, 3.05) is 48.1 Å².